The van der Waals surface area contributed by atoms with Gasteiger partial charge in [-0.2, -0.15) is 0 Å². The molecule has 2 rings (SSSR count). The Morgan fingerprint density at radius 1 is 1.23 bits per heavy atom. The van der Waals surface area contributed by atoms with Gasteiger partial charge < -0.3 is 10.1 Å². The standard InChI is InChI=1S/C16H19N3O5S2/c1-24-10-12(11-25-13-6-3-2-4-7-13)18-16-14(19(20)21)8-5-9-15(16)26(17,22)23/h2-9,12,18H,10-11H2,1H3,(H2,17,22,23). The van der Waals surface area contributed by atoms with E-state index in [0.717, 1.165) is 4.90 Å². The van der Waals surface area contributed by atoms with Crippen LogP contribution in [0.2, 0.25) is 0 Å². The van der Waals surface area contributed by atoms with Gasteiger partial charge in [0.2, 0.25) is 10.0 Å². The molecule has 0 saturated carbocycles. The molecule has 0 bridgehead atoms. The predicted octanol–water partition coefficient (Wildman–Crippen LogP) is 2.46. The van der Waals surface area contributed by atoms with Crippen LogP contribution in [0.25, 0.3) is 0 Å². The second-order valence-corrected chi connectivity index (χ2v) is 8.00. The van der Waals surface area contributed by atoms with Gasteiger partial charge in [-0.15, -0.1) is 11.8 Å². The molecule has 3 N–H and O–H groups in total. The summed E-state index contributed by atoms with van der Waals surface area (Å²) in [5, 5.41) is 19.5. The van der Waals surface area contributed by atoms with E-state index in [0.29, 0.717) is 5.75 Å². The number of anilines is 1. The molecule has 140 valence electrons. The van der Waals surface area contributed by atoms with Gasteiger partial charge in [-0.25, -0.2) is 13.6 Å². The summed E-state index contributed by atoms with van der Waals surface area (Å²) in [4.78, 5) is 11.4. The number of primary sulfonamides is 1. The maximum Gasteiger partial charge on any atom is 0.293 e. The zero-order chi connectivity index (χ0) is 19.2. The first kappa shape index (κ1) is 20.2. The predicted molar refractivity (Wildman–Crippen MR) is 101 cm³/mol. The molecular weight excluding hydrogens is 378 g/mol. The number of rotatable bonds is 9. The number of nitrogens with two attached hydrogens (primary N) is 1. The van der Waals surface area contributed by atoms with Crippen LogP contribution in [0.3, 0.4) is 0 Å². The Labute approximate surface area is 155 Å². The number of sulfonamides is 1. The van der Waals surface area contributed by atoms with Crippen LogP contribution in [0.4, 0.5) is 11.4 Å². The molecule has 10 heteroatoms. The molecule has 0 aromatic heterocycles. The highest BCUT2D eigenvalue weighted by atomic mass is 32.2. The number of methoxy groups -OCH3 is 1. The maximum atomic E-state index is 11.8. The second kappa shape index (κ2) is 8.99. The Balaban J connectivity index is 2.31. The Morgan fingerprint density at radius 3 is 2.50 bits per heavy atom. The number of hydrogen-bond donors (Lipinski definition) is 2. The highest BCUT2D eigenvalue weighted by Gasteiger charge is 2.25. The largest absolute Gasteiger partial charge is 0.383 e. The summed E-state index contributed by atoms with van der Waals surface area (Å²) in [6.45, 7) is 0.232. The smallest absolute Gasteiger partial charge is 0.293 e. The molecule has 1 atom stereocenters. The Kier molecular flexibility index (Phi) is 6.98. The van der Waals surface area contributed by atoms with E-state index in [2.05, 4.69) is 5.32 Å². The van der Waals surface area contributed by atoms with Crippen molar-refractivity contribution in [1.29, 1.82) is 0 Å². The molecule has 0 fully saturated rings. The lowest BCUT2D eigenvalue weighted by atomic mass is 10.2. The topological polar surface area (TPSA) is 125 Å². The van der Waals surface area contributed by atoms with E-state index in [1.54, 1.807) is 0 Å². The van der Waals surface area contributed by atoms with E-state index < -0.39 is 14.9 Å². The quantitative estimate of drug-likeness (QED) is 0.378. The molecule has 2 aromatic rings. The summed E-state index contributed by atoms with van der Waals surface area (Å²) in [7, 11) is -2.63. The minimum Gasteiger partial charge on any atom is -0.383 e. The van der Waals surface area contributed by atoms with E-state index in [1.165, 1.54) is 37.1 Å². The van der Waals surface area contributed by atoms with Crippen molar-refractivity contribution in [1.82, 2.24) is 0 Å². The summed E-state index contributed by atoms with van der Waals surface area (Å²) in [5.41, 5.74) is -0.488. The molecular formula is C16H19N3O5S2. The molecule has 0 aliphatic rings. The van der Waals surface area contributed by atoms with Gasteiger partial charge in [0.15, 0.2) is 0 Å². The van der Waals surface area contributed by atoms with Gasteiger partial charge in [0, 0.05) is 23.8 Å². The third kappa shape index (κ3) is 5.43. The minimum atomic E-state index is -4.13. The van der Waals surface area contributed by atoms with Gasteiger partial charge in [-0.3, -0.25) is 10.1 Å². The lowest BCUT2D eigenvalue weighted by Crippen LogP contribution is -2.29. The van der Waals surface area contributed by atoms with Gasteiger partial charge in [0.25, 0.3) is 5.69 Å². The molecule has 0 saturated heterocycles. The van der Waals surface area contributed by atoms with Gasteiger partial charge >= 0.3 is 0 Å². The van der Waals surface area contributed by atoms with Crippen molar-refractivity contribution in [2.24, 2.45) is 5.14 Å². The molecule has 0 radical (unpaired) electrons. The van der Waals surface area contributed by atoms with E-state index in [4.69, 9.17) is 9.88 Å². The first-order chi connectivity index (χ1) is 12.3. The van der Waals surface area contributed by atoms with Crippen LogP contribution in [0, 0.1) is 10.1 Å². The molecule has 8 nitrogen and oxygen atoms in total. The second-order valence-electron chi connectivity index (χ2n) is 5.37. The third-order valence-corrected chi connectivity index (χ3v) is 5.55. The van der Waals surface area contributed by atoms with Gasteiger partial charge in [-0.05, 0) is 18.2 Å². The van der Waals surface area contributed by atoms with Crippen molar-refractivity contribution >= 4 is 33.2 Å². The van der Waals surface area contributed by atoms with Crippen molar-refractivity contribution in [3.05, 3.63) is 58.6 Å². The Bertz CT molecular complexity index is 859. The zero-order valence-corrected chi connectivity index (χ0v) is 15.6. The van der Waals surface area contributed by atoms with E-state index >= 15 is 0 Å². The number of nitro benzene ring substituents is 1. The lowest BCUT2D eigenvalue weighted by molar-refractivity contribution is -0.384. The molecule has 0 spiro atoms. The van der Waals surface area contributed by atoms with Crippen LogP contribution in [-0.4, -0.2) is 38.9 Å². The summed E-state index contributed by atoms with van der Waals surface area (Å²) >= 11 is 1.52. The summed E-state index contributed by atoms with van der Waals surface area (Å²) < 4.78 is 28.8. The summed E-state index contributed by atoms with van der Waals surface area (Å²) in [6, 6.07) is 13.0. The van der Waals surface area contributed by atoms with Crippen molar-refractivity contribution in [2.75, 3.05) is 24.8 Å². The molecule has 0 aliphatic carbocycles. The van der Waals surface area contributed by atoms with E-state index in [1.807, 2.05) is 30.3 Å². The third-order valence-electron chi connectivity index (χ3n) is 3.42. The highest BCUT2D eigenvalue weighted by molar-refractivity contribution is 7.99. The fraction of sp³-hybridized carbons (Fsp3) is 0.250. The number of nitro groups is 1. The van der Waals surface area contributed by atoms with Crippen LogP contribution in [-0.2, 0) is 14.8 Å². The number of nitrogens with zero attached hydrogens (tertiary/aromatic N) is 1. The zero-order valence-electron chi connectivity index (χ0n) is 14.0. The van der Waals surface area contributed by atoms with Crippen LogP contribution >= 0.6 is 11.8 Å². The summed E-state index contributed by atoms with van der Waals surface area (Å²) in [5.74, 6) is 0.508. The van der Waals surface area contributed by atoms with Gasteiger partial charge in [0.05, 0.1) is 17.6 Å². The first-order valence-corrected chi connectivity index (χ1v) is 10.1. The summed E-state index contributed by atoms with van der Waals surface area (Å²) in [6.07, 6.45) is 0. The van der Waals surface area contributed by atoms with Gasteiger partial charge in [-0.1, -0.05) is 24.3 Å². The number of hydrogen-bond acceptors (Lipinski definition) is 7. The molecule has 1 unspecified atom stereocenters. The molecule has 0 aliphatic heterocycles. The number of para-hydroxylation sites is 1. The van der Waals surface area contributed by atoms with Crippen molar-refractivity contribution in [3.63, 3.8) is 0 Å². The number of benzene rings is 2. The monoisotopic (exact) mass is 397 g/mol. The minimum absolute atomic E-state index is 0.129. The molecule has 26 heavy (non-hydrogen) atoms. The SMILES string of the molecule is COCC(CSc1ccccc1)Nc1c([N+](=O)[O-])cccc1S(N)(=O)=O. The number of nitrogens with one attached hydrogen (secondary N) is 1. The van der Waals surface area contributed by atoms with Crippen LogP contribution in [0.5, 0.6) is 0 Å². The van der Waals surface area contributed by atoms with Crippen LogP contribution in [0.1, 0.15) is 0 Å². The highest BCUT2D eigenvalue weighted by Crippen LogP contribution is 2.32. The van der Waals surface area contributed by atoms with Crippen molar-refractivity contribution in [3.8, 4) is 0 Å². The molecule has 0 amide bonds. The van der Waals surface area contributed by atoms with Gasteiger partial charge in [0.1, 0.15) is 10.6 Å². The lowest BCUT2D eigenvalue weighted by Gasteiger charge is -2.20. The van der Waals surface area contributed by atoms with E-state index in [-0.39, 0.29) is 28.9 Å². The number of ether oxygens (including phenoxy) is 1. The molecule has 0 heterocycles. The Morgan fingerprint density at radius 2 is 1.92 bits per heavy atom. The number of thioether (sulfide) groups is 1. The van der Waals surface area contributed by atoms with E-state index in [9.17, 15) is 18.5 Å². The Hall–Kier alpha value is -2.14. The fourth-order valence-electron chi connectivity index (χ4n) is 2.30. The first-order valence-electron chi connectivity index (χ1n) is 7.56. The van der Waals surface area contributed by atoms with Crippen LogP contribution < -0.4 is 10.5 Å². The van der Waals surface area contributed by atoms with Crippen molar-refractivity contribution < 1.29 is 18.1 Å². The van der Waals surface area contributed by atoms with Crippen LogP contribution in [0.15, 0.2) is 58.3 Å². The normalized spacial score (nSPS) is 12.5. The fourth-order valence-corrected chi connectivity index (χ4v) is 3.94. The van der Waals surface area contributed by atoms with Crippen molar-refractivity contribution in [2.45, 2.75) is 15.8 Å². The maximum absolute atomic E-state index is 11.8. The average Bonchev–Trinajstić information content (AvgIpc) is 2.59. The average molecular weight is 397 g/mol. The molecule has 2 aromatic carbocycles.